The fourth-order valence-electron chi connectivity index (χ4n) is 1.28. The molecule has 0 saturated carbocycles. The Bertz CT molecular complexity index is 520. The number of rotatable bonds is 0. The van der Waals surface area contributed by atoms with Gasteiger partial charge < -0.3 is 0 Å². The molecule has 0 amide bonds. The normalized spacial score (nSPS) is 12.3. The fourth-order valence-corrected chi connectivity index (χ4v) is 2.46. The molecule has 2 aromatic rings. The zero-order valence-electron chi connectivity index (χ0n) is 6.99. The summed E-state index contributed by atoms with van der Waals surface area (Å²) in [6.07, 6.45) is -3.17. The number of alkyl halides is 3. The molecule has 0 saturated heterocycles. The van der Waals surface area contributed by atoms with Crippen LogP contribution in [0.3, 0.4) is 0 Å². The summed E-state index contributed by atoms with van der Waals surface area (Å²) in [6, 6.07) is 1.21. The maximum atomic E-state index is 12.6. The van der Waals surface area contributed by atoms with E-state index < -0.39 is 11.7 Å². The molecule has 0 unspecified atom stereocenters. The van der Waals surface area contributed by atoms with E-state index in [0.29, 0.717) is 10.9 Å². The predicted octanol–water partition coefficient (Wildman–Crippen LogP) is 4.00. The van der Waals surface area contributed by atoms with E-state index in [1.165, 1.54) is 12.3 Å². The van der Waals surface area contributed by atoms with Crippen LogP contribution in [-0.2, 0) is 6.18 Å². The molecule has 2 nitrogen and oxygen atoms in total. The Labute approximate surface area is 95.5 Å². The van der Waals surface area contributed by atoms with Gasteiger partial charge in [0, 0.05) is 9.86 Å². The standard InChI is InChI=1S/C8H3BrClF3N2/c9-7-3-2-14-15-5(3)1-4(10)6(7)8(11,12)13/h1-2H,(H,14,15). The van der Waals surface area contributed by atoms with Crippen molar-refractivity contribution in [3.8, 4) is 0 Å². The second-order valence-corrected chi connectivity index (χ2v) is 4.08. The van der Waals surface area contributed by atoms with E-state index in [1.54, 1.807) is 0 Å². The number of hydrogen-bond donors (Lipinski definition) is 1. The zero-order chi connectivity index (χ0) is 11.2. The molecule has 2 rings (SSSR count). The van der Waals surface area contributed by atoms with Crippen LogP contribution in [0.1, 0.15) is 5.56 Å². The summed E-state index contributed by atoms with van der Waals surface area (Å²) in [7, 11) is 0. The number of hydrogen-bond acceptors (Lipinski definition) is 1. The molecule has 1 heterocycles. The van der Waals surface area contributed by atoms with E-state index >= 15 is 0 Å². The molecule has 1 N–H and O–H groups in total. The van der Waals surface area contributed by atoms with Crippen molar-refractivity contribution in [2.45, 2.75) is 6.18 Å². The van der Waals surface area contributed by atoms with Crippen LogP contribution >= 0.6 is 27.5 Å². The highest BCUT2D eigenvalue weighted by atomic mass is 79.9. The molecule has 0 aliphatic carbocycles. The molecule has 1 aromatic carbocycles. The van der Waals surface area contributed by atoms with E-state index in [4.69, 9.17) is 11.6 Å². The van der Waals surface area contributed by atoms with Gasteiger partial charge in [0.2, 0.25) is 0 Å². The maximum absolute atomic E-state index is 12.6. The second kappa shape index (κ2) is 3.38. The summed E-state index contributed by atoms with van der Waals surface area (Å²) in [5.74, 6) is 0. The molecule has 0 fully saturated rings. The van der Waals surface area contributed by atoms with Gasteiger partial charge in [-0.3, -0.25) is 5.10 Å². The summed E-state index contributed by atoms with van der Waals surface area (Å²) in [5.41, 5.74) is -0.419. The largest absolute Gasteiger partial charge is 0.418 e. The molecule has 1 aromatic heterocycles. The van der Waals surface area contributed by atoms with Gasteiger partial charge >= 0.3 is 6.18 Å². The predicted molar refractivity (Wildman–Crippen MR) is 53.8 cm³/mol. The fraction of sp³-hybridized carbons (Fsp3) is 0.125. The van der Waals surface area contributed by atoms with Gasteiger partial charge in [-0.1, -0.05) is 11.6 Å². The van der Waals surface area contributed by atoms with Crippen LogP contribution in [0, 0.1) is 0 Å². The van der Waals surface area contributed by atoms with E-state index in [2.05, 4.69) is 26.1 Å². The third-order valence-electron chi connectivity index (χ3n) is 1.92. The topological polar surface area (TPSA) is 28.7 Å². The third-order valence-corrected chi connectivity index (χ3v) is 3.04. The van der Waals surface area contributed by atoms with Crippen molar-refractivity contribution in [2.24, 2.45) is 0 Å². The molecule has 0 spiro atoms. The van der Waals surface area contributed by atoms with Crippen molar-refractivity contribution in [1.82, 2.24) is 10.2 Å². The minimum absolute atomic E-state index is 0.0914. The van der Waals surface area contributed by atoms with Gasteiger partial charge in [0.25, 0.3) is 0 Å². The minimum Gasteiger partial charge on any atom is -0.278 e. The molecule has 0 bridgehead atoms. The lowest BCUT2D eigenvalue weighted by Gasteiger charge is -2.11. The highest BCUT2D eigenvalue weighted by Gasteiger charge is 2.36. The number of aromatic nitrogens is 2. The van der Waals surface area contributed by atoms with Crippen LogP contribution in [0.15, 0.2) is 16.7 Å². The number of fused-ring (bicyclic) bond motifs is 1. The van der Waals surface area contributed by atoms with Crippen LogP contribution < -0.4 is 0 Å². The Hall–Kier alpha value is -0.750. The minimum atomic E-state index is -4.48. The highest BCUT2D eigenvalue weighted by Crippen LogP contribution is 2.42. The molecule has 0 aliphatic rings. The van der Waals surface area contributed by atoms with Gasteiger partial charge in [-0.05, 0) is 22.0 Å². The highest BCUT2D eigenvalue weighted by molar-refractivity contribution is 9.10. The first-order chi connectivity index (χ1) is 6.91. The molecule has 15 heavy (non-hydrogen) atoms. The van der Waals surface area contributed by atoms with Crippen molar-refractivity contribution in [3.63, 3.8) is 0 Å². The monoisotopic (exact) mass is 298 g/mol. The molecule has 0 atom stereocenters. The SMILES string of the molecule is FC(F)(F)c1c(Cl)cc2[nH]ncc2c1Br. The van der Waals surface area contributed by atoms with Crippen LogP contribution in [0.5, 0.6) is 0 Å². The Morgan fingerprint density at radius 3 is 2.67 bits per heavy atom. The smallest absolute Gasteiger partial charge is 0.278 e. The zero-order valence-corrected chi connectivity index (χ0v) is 9.33. The number of nitrogens with zero attached hydrogens (tertiary/aromatic N) is 1. The molecule has 0 radical (unpaired) electrons. The molecule has 80 valence electrons. The first kappa shape index (κ1) is 10.8. The summed E-state index contributed by atoms with van der Waals surface area (Å²) < 4.78 is 37.7. The average molecular weight is 299 g/mol. The lowest BCUT2D eigenvalue weighted by molar-refractivity contribution is -0.138. The van der Waals surface area contributed by atoms with Gasteiger partial charge in [0.15, 0.2) is 0 Å². The Morgan fingerprint density at radius 2 is 2.07 bits per heavy atom. The van der Waals surface area contributed by atoms with Crippen molar-refractivity contribution in [1.29, 1.82) is 0 Å². The van der Waals surface area contributed by atoms with Crippen LogP contribution in [0.25, 0.3) is 10.9 Å². The first-order valence-electron chi connectivity index (χ1n) is 3.79. The van der Waals surface area contributed by atoms with Gasteiger partial charge in [-0.2, -0.15) is 18.3 Å². The van der Waals surface area contributed by atoms with Crippen molar-refractivity contribution in [3.05, 3.63) is 27.3 Å². The number of nitrogens with one attached hydrogen (secondary N) is 1. The second-order valence-electron chi connectivity index (χ2n) is 2.88. The quantitative estimate of drug-likeness (QED) is 0.782. The van der Waals surface area contributed by atoms with Crippen molar-refractivity contribution >= 4 is 38.4 Å². The Kier molecular flexibility index (Phi) is 2.42. The van der Waals surface area contributed by atoms with Gasteiger partial charge in [0.05, 0.1) is 22.3 Å². The van der Waals surface area contributed by atoms with E-state index in [-0.39, 0.29) is 9.50 Å². The van der Waals surface area contributed by atoms with Crippen LogP contribution in [-0.4, -0.2) is 10.2 Å². The lowest BCUT2D eigenvalue weighted by Crippen LogP contribution is -2.07. The number of aromatic amines is 1. The van der Waals surface area contributed by atoms with Crippen molar-refractivity contribution < 1.29 is 13.2 Å². The third kappa shape index (κ3) is 1.72. The molecule has 7 heteroatoms. The Balaban J connectivity index is 2.84. The molecular weight excluding hydrogens is 296 g/mol. The van der Waals surface area contributed by atoms with Gasteiger partial charge in [0.1, 0.15) is 0 Å². The van der Waals surface area contributed by atoms with Gasteiger partial charge in [-0.25, -0.2) is 0 Å². The van der Waals surface area contributed by atoms with E-state index in [0.717, 1.165) is 0 Å². The number of halogens is 5. The first-order valence-corrected chi connectivity index (χ1v) is 4.96. The van der Waals surface area contributed by atoms with Gasteiger partial charge in [-0.15, -0.1) is 0 Å². The summed E-state index contributed by atoms with van der Waals surface area (Å²) in [5, 5.41) is 6.19. The summed E-state index contributed by atoms with van der Waals surface area (Å²) in [4.78, 5) is 0. The molecular formula is C8H3BrClF3N2. The van der Waals surface area contributed by atoms with Crippen LogP contribution in [0.2, 0.25) is 5.02 Å². The number of benzene rings is 1. The summed E-state index contributed by atoms with van der Waals surface area (Å²) in [6.45, 7) is 0. The average Bonchev–Trinajstić information content (AvgIpc) is 2.48. The molecule has 0 aliphatic heterocycles. The Morgan fingerprint density at radius 1 is 1.40 bits per heavy atom. The van der Waals surface area contributed by atoms with Crippen LogP contribution in [0.4, 0.5) is 13.2 Å². The van der Waals surface area contributed by atoms with E-state index in [9.17, 15) is 13.2 Å². The maximum Gasteiger partial charge on any atom is 0.418 e. The van der Waals surface area contributed by atoms with E-state index in [1.807, 2.05) is 0 Å². The summed E-state index contributed by atoms with van der Waals surface area (Å²) >= 11 is 8.44. The van der Waals surface area contributed by atoms with Crippen molar-refractivity contribution in [2.75, 3.05) is 0 Å². The number of H-pyrrole nitrogens is 1. The lowest BCUT2D eigenvalue weighted by atomic mass is 10.1.